The van der Waals surface area contributed by atoms with Crippen LogP contribution < -0.4 is 0 Å². The Morgan fingerprint density at radius 2 is 2.14 bits per heavy atom. The van der Waals surface area contributed by atoms with E-state index in [4.69, 9.17) is 0 Å². The summed E-state index contributed by atoms with van der Waals surface area (Å²) in [7, 11) is 0. The van der Waals surface area contributed by atoms with Crippen molar-refractivity contribution >= 4 is 16.7 Å². The van der Waals surface area contributed by atoms with Gasteiger partial charge in [0.25, 0.3) is 0 Å². The molecule has 0 N–H and O–H groups in total. The van der Waals surface area contributed by atoms with Crippen LogP contribution in [0.15, 0.2) is 36.5 Å². The Kier molecular flexibility index (Phi) is 2.27. The van der Waals surface area contributed by atoms with E-state index in [2.05, 4.69) is 4.98 Å². The largest absolute Gasteiger partial charge is 0.294 e. The molecule has 0 atom stereocenters. The lowest BCUT2D eigenvalue weighted by molar-refractivity contribution is 0.0990. The highest BCUT2D eigenvalue weighted by Gasteiger charge is 2.06. The Morgan fingerprint density at radius 3 is 2.93 bits per heavy atom. The van der Waals surface area contributed by atoms with Crippen LogP contribution in [0.5, 0.6) is 0 Å². The monoisotopic (exact) mass is 185 g/mol. The molecule has 0 bridgehead atoms. The van der Waals surface area contributed by atoms with Gasteiger partial charge in [0.05, 0.1) is 5.52 Å². The Hall–Kier alpha value is -1.70. The van der Waals surface area contributed by atoms with Gasteiger partial charge < -0.3 is 0 Å². The Bertz CT molecular complexity index is 471. The van der Waals surface area contributed by atoms with Crippen molar-refractivity contribution in [2.45, 2.75) is 13.3 Å². The molecular formula is C12H11NO. The van der Waals surface area contributed by atoms with E-state index in [9.17, 15) is 4.79 Å². The van der Waals surface area contributed by atoms with Gasteiger partial charge in [0.2, 0.25) is 0 Å². The quantitative estimate of drug-likeness (QED) is 0.673. The number of carbonyl (C=O) groups excluding carboxylic acids is 1. The molecule has 2 heteroatoms. The number of rotatable bonds is 2. The number of nitrogens with zero attached hydrogens (tertiary/aromatic N) is 1. The zero-order valence-electron chi connectivity index (χ0n) is 8.03. The van der Waals surface area contributed by atoms with E-state index >= 15 is 0 Å². The van der Waals surface area contributed by atoms with Gasteiger partial charge in [0.1, 0.15) is 0 Å². The lowest BCUT2D eigenvalue weighted by Crippen LogP contribution is -1.97. The molecule has 2 rings (SSSR count). The first-order chi connectivity index (χ1) is 6.83. The van der Waals surface area contributed by atoms with Gasteiger partial charge >= 0.3 is 0 Å². The lowest BCUT2D eigenvalue weighted by Gasteiger charge is -2.02. The molecule has 1 aromatic carbocycles. The molecule has 2 aromatic rings. The predicted octanol–water partition coefficient (Wildman–Crippen LogP) is 2.83. The number of hydrogen-bond acceptors (Lipinski definition) is 2. The van der Waals surface area contributed by atoms with Gasteiger partial charge in [0.15, 0.2) is 5.78 Å². The summed E-state index contributed by atoms with van der Waals surface area (Å²) in [5.41, 5.74) is 1.66. The minimum absolute atomic E-state index is 0.170. The van der Waals surface area contributed by atoms with Crippen molar-refractivity contribution < 1.29 is 4.79 Å². The van der Waals surface area contributed by atoms with Crippen molar-refractivity contribution in [3.05, 3.63) is 42.1 Å². The number of benzene rings is 1. The van der Waals surface area contributed by atoms with Crippen LogP contribution in [0.1, 0.15) is 23.7 Å². The average molecular weight is 185 g/mol. The van der Waals surface area contributed by atoms with E-state index in [0.29, 0.717) is 6.42 Å². The summed E-state index contributed by atoms with van der Waals surface area (Å²) in [6.07, 6.45) is 2.27. The number of ketones is 1. The van der Waals surface area contributed by atoms with Gasteiger partial charge in [-0.05, 0) is 12.1 Å². The van der Waals surface area contributed by atoms with Crippen molar-refractivity contribution in [1.82, 2.24) is 4.98 Å². The molecule has 0 aliphatic carbocycles. The van der Waals surface area contributed by atoms with Crippen molar-refractivity contribution in [3.63, 3.8) is 0 Å². The maximum absolute atomic E-state index is 11.6. The molecule has 1 aromatic heterocycles. The number of hydrogen-bond donors (Lipinski definition) is 0. The number of fused-ring (bicyclic) bond motifs is 1. The molecule has 0 amide bonds. The SMILES string of the molecule is CCC(=O)c1cccc2ncccc12. The molecular weight excluding hydrogens is 174 g/mol. The predicted molar refractivity (Wildman–Crippen MR) is 56.4 cm³/mol. The Morgan fingerprint density at radius 1 is 1.29 bits per heavy atom. The van der Waals surface area contributed by atoms with Crippen LogP contribution in [0.2, 0.25) is 0 Å². The van der Waals surface area contributed by atoms with Gasteiger partial charge in [-0.15, -0.1) is 0 Å². The third kappa shape index (κ3) is 1.39. The number of Topliss-reactive ketones (excluding diaryl/α,β-unsaturated/α-hetero) is 1. The minimum Gasteiger partial charge on any atom is -0.294 e. The second-order valence-electron chi connectivity index (χ2n) is 3.15. The molecule has 1 heterocycles. The van der Waals surface area contributed by atoms with Gasteiger partial charge in [0, 0.05) is 23.6 Å². The van der Waals surface area contributed by atoms with Crippen LogP contribution in [-0.2, 0) is 0 Å². The van der Waals surface area contributed by atoms with Gasteiger partial charge in [-0.3, -0.25) is 9.78 Å². The molecule has 0 saturated heterocycles. The molecule has 2 nitrogen and oxygen atoms in total. The van der Waals surface area contributed by atoms with Crippen molar-refractivity contribution in [1.29, 1.82) is 0 Å². The van der Waals surface area contributed by atoms with E-state index in [1.807, 2.05) is 37.3 Å². The van der Waals surface area contributed by atoms with Crippen molar-refractivity contribution in [2.24, 2.45) is 0 Å². The summed E-state index contributed by atoms with van der Waals surface area (Å²) in [6, 6.07) is 9.44. The zero-order chi connectivity index (χ0) is 9.97. The molecule has 70 valence electrons. The summed E-state index contributed by atoms with van der Waals surface area (Å²) in [5.74, 6) is 0.170. The summed E-state index contributed by atoms with van der Waals surface area (Å²) in [4.78, 5) is 15.8. The second-order valence-corrected chi connectivity index (χ2v) is 3.15. The van der Waals surface area contributed by atoms with Crippen LogP contribution in [0, 0.1) is 0 Å². The van der Waals surface area contributed by atoms with E-state index in [-0.39, 0.29) is 5.78 Å². The maximum Gasteiger partial charge on any atom is 0.163 e. The molecule has 0 spiro atoms. The topological polar surface area (TPSA) is 30.0 Å². The highest BCUT2D eigenvalue weighted by atomic mass is 16.1. The molecule has 0 aliphatic heterocycles. The number of carbonyl (C=O) groups is 1. The molecule has 0 aliphatic rings. The van der Waals surface area contributed by atoms with Crippen LogP contribution in [-0.4, -0.2) is 10.8 Å². The van der Waals surface area contributed by atoms with Crippen molar-refractivity contribution in [2.75, 3.05) is 0 Å². The van der Waals surface area contributed by atoms with Crippen molar-refractivity contribution in [3.8, 4) is 0 Å². The summed E-state index contributed by atoms with van der Waals surface area (Å²) in [6.45, 7) is 1.87. The van der Waals surface area contributed by atoms with Crippen LogP contribution in [0.4, 0.5) is 0 Å². The van der Waals surface area contributed by atoms with E-state index in [1.165, 1.54) is 0 Å². The third-order valence-corrected chi connectivity index (χ3v) is 2.27. The van der Waals surface area contributed by atoms with E-state index in [1.54, 1.807) is 6.20 Å². The van der Waals surface area contributed by atoms with Crippen LogP contribution in [0.25, 0.3) is 10.9 Å². The summed E-state index contributed by atoms with van der Waals surface area (Å²) < 4.78 is 0. The first-order valence-electron chi connectivity index (χ1n) is 4.70. The first kappa shape index (κ1) is 8.88. The van der Waals surface area contributed by atoms with Gasteiger partial charge in [-0.25, -0.2) is 0 Å². The highest BCUT2D eigenvalue weighted by Crippen LogP contribution is 2.17. The summed E-state index contributed by atoms with van der Waals surface area (Å²) in [5, 5.41) is 0.946. The first-order valence-corrected chi connectivity index (χ1v) is 4.70. The molecule has 14 heavy (non-hydrogen) atoms. The molecule has 0 fully saturated rings. The van der Waals surface area contributed by atoms with Gasteiger partial charge in [-0.1, -0.05) is 25.1 Å². The fraction of sp³-hybridized carbons (Fsp3) is 0.167. The molecule has 0 saturated carbocycles. The Balaban J connectivity index is 2.71. The van der Waals surface area contributed by atoms with Crippen LogP contribution >= 0.6 is 0 Å². The fourth-order valence-corrected chi connectivity index (χ4v) is 1.54. The standard InChI is InChI=1S/C12H11NO/c1-2-12(14)10-5-3-7-11-9(10)6-4-8-13-11/h3-8H,2H2,1H3. The lowest BCUT2D eigenvalue weighted by atomic mass is 10.0. The summed E-state index contributed by atoms with van der Waals surface area (Å²) >= 11 is 0. The molecule has 0 unspecified atom stereocenters. The number of pyridine rings is 1. The Labute approximate surface area is 82.6 Å². The fourth-order valence-electron chi connectivity index (χ4n) is 1.54. The average Bonchev–Trinajstić information content (AvgIpc) is 2.27. The van der Waals surface area contributed by atoms with E-state index in [0.717, 1.165) is 16.5 Å². The minimum atomic E-state index is 0.170. The number of aromatic nitrogens is 1. The highest BCUT2D eigenvalue weighted by molar-refractivity contribution is 6.07. The normalized spacial score (nSPS) is 10.4. The third-order valence-electron chi connectivity index (χ3n) is 2.27. The van der Waals surface area contributed by atoms with Gasteiger partial charge in [-0.2, -0.15) is 0 Å². The molecule has 0 radical (unpaired) electrons. The maximum atomic E-state index is 11.6. The smallest absolute Gasteiger partial charge is 0.163 e. The van der Waals surface area contributed by atoms with Crippen LogP contribution in [0.3, 0.4) is 0 Å². The second kappa shape index (κ2) is 3.58. The van der Waals surface area contributed by atoms with E-state index < -0.39 is 0 Å². The zero-order valence-corrected chi connectivity index (χ0v) is 8.03.